The second kappa shape index (κ2) is 6.37. The molecule has 8 heteroatoms. The zero-order valence-corrected chi connectivity index (χ0v) is 15.6. The van der Waals surface area contributed by atoms with E-state index in [-0.39, 0.29) is 16.9 Å². The van der Waals surface area contributed by atoms with Gasteiger partial charge in [0, 0.05) is 11.8 Å². The van der Waals surface area contributed by atoms with Crippen LogP contribution in [-0.2, 0) is 9.84 Å². The normalized spacial score (nSPS) is 15.0. The molecule has 0 spiro atoms. The Morgan fingerprint density at radius 3 is 2.69 bits per heavy atom. The lowest BCUT2D eigenvalue weighted by Gasteiger charge is -2.38. The number of likely N-dealkylation sites (tertiary alicyclic amines) is 1. The van der Waals surface area contributed by atoms with Gasteiger partial charge in [0.25, 0.3) is 11.1 Å². The molecule has 1 saturated heterocycles. The second-order valence-electron chi connectivity index (χ2n) is 6.20. The van der Waals surface area contributed by atoms with Gasteiger partial charge in [0.1, 0.15) is 6.10 Å². The average Bonchev–Trinajstić information content (AvgIpc) is 2.99. The minimum atomic E-state index is -3.34. The molecule has 0 atom stereocenters. The number of aromatic nitrogens is 1. The lowest BCUT2D eigenvalue weighted by atomic mass is 10.1. The summed E-state index contributed by atoms with van der Waals surface area (Å²) < 4.78 is 30.2. The zero-order valence-electron chi connectivity index (χ0n) is 14.0. The number of benzene rings is 2. The molecule has 0 bridgehead atoms. The van der Waals surface area contributed by atoms with Gasteiger partial charge in [0.15, 0.2) is 9.84 Å². The average molecular weight is 388 g/mol. The number of carbonyl (C=O) groups is 1. The molecule has 0 N–H and O–H groups in total. The molecule has 1 aliphatic rings. The van der Waals surface area contributed by atoms with Crippen LogP contribution in [0.25, 0.3) is 10.2 Å². The van der Waals surface area contributed by atoms with Crippen LogP contribution >= 0.6 is 11.3 Å². The van der Waals surface area contributed by atoms with Gasteiger partial charge in [-0.2, -0.15) is 0 Å². The molecule has 1 amide bonds. The summed E-state index contributed by atoms with van der Waals surface area (Å²) in [5.41, 5.74) is 1.27. The number of para-hydroxylation sites is 1. The van der Waals surface area contributed by atoms with Crippen molar-refractivity contribution in [3.8, 4) is 5.19 Å². The van der Waals surface area contributed by atoms with E-state index in [0.29, 0.717) is 23.8 Å². The minimum Gasteiger partial charge on any atom is -0.463 e. The summed E-state index contributed by atoms with van der Waals surface area (Å²) in [7, 11) is -3.34. The molecule has 0 radical (unpaired) electrons. The number of fused-ring (bicyclic) bond motifs is 1. The first-order valence-electron chi connectivity index (χ1n) is 8.02. The van der Waals surface area contributed by atoms with E-state index in [4.69, 9.17) is 4.74 Å². The van der Waals surface area contributed by atoms with Crippen LogP contribution in [-0.4, -0.2) is 49.7 Å². The van der Waals surface area contributed by atoms with Gasteiger partial charge in [-0.25, -0.2) is 13.4 Å². The SMILES string of the molecule is CS(=O)(=O)c1cccc(C(=O)N2CC(Oc3nc4ccccc4s3)C2)c1. The monoisotopic (exact) mass is 388 g/mol. The Labute approximate surface area is 155 Å². The number of carbonyl (C=O) groups excluding carboxylic acids is 1. The third-order valence-corrected chi connectivity index (χ3v) is 6.22. The first-order valence-corrected chi connectivity index (χ1v) is 10.7. The number of hydrogen-bond donors (Lipinski definition) is 0. The Morgan fingerprint density at radius 2 is 1.96 bits per heavy atom. The van der Waals surface area contributed by atoms with E-state index in [0.717, 1.165) is 16.5 Å². The largest absolute Gasteiger partial charge is 0.463 e. The molecule has 4 rings (SSSR count). The fraction of sp³-hybridized carbons (Fsp3) is 0.222. The molecular formula is C18H16N2O4S2. The van der Waals surface area contributed by atoms with Crippen LogP contribution in [0.5, 0.6) is 5.19 Å². The van der Waals surface area contributed by atoms with Crippen molar-refractivity contribution in [2.24, 2.45) is 0 Å². The van der Waals surface area contributed by atoms with Gasteiger partial charge in [0.2, 0.25) is 0 Å². The van der Waals surface area contributed by atoms with Gasteiger partial charge >= 0.3 is 0 Å². The fourth-order valence-corrected chi connectivity index (χ4v) is 4.31. The van der Waals surface area contributed by atoms with Crippen molar-refractivity contribution in [3.63, 3.8) is 0 Å². The number of hydrogen-bond acceptors (Lipinski definition) is 6. The van der Waals surface area contributed by atoms with Gasteiger partial charge in [-0.1, -0.05) is 29.5 Å². The van der Waals surface area contributed by atoms with Crippen LogP contribution in [0, 0.1) is 0 Å². The fourth-order valence-electron chi connectivity index (χ4n) is 2.76. The third-order valence-electron chi connectivity index (χ3n) is 4.19. The molecule has 1 aromatic heterocycles. The van der Waals surface area contributed by atoms with E-state index in [2.05, 4.69) is 4.98 Å². The van der Waals surface area contributed by atoms with Crippen molar-refractivity contribution in [3.05, 3.63) is 54.1 Å². The topological polar surface area (TPSA) is 76.6 Å². The van der Waals surface area contributed by atoms with Gasteiger partial charge in [-0.3, -0.25) is 4.79 Å². The van der Waals surface area contributed by atoms with Crippen molar-refractivity contribution in [1.29, 1.82) is 0 Å². The molecule has 2 aromatic carbocycles. The molecule has 134 valence electrons. The highest BCUT2D eigenvalue weighted by Gasteiger charge is 2.33. The maximum atomic E-state index is 12.5. The van der Waals surface area contributed by atoms with E-state index in [1.165, 1.54) is 23.5 Å². The van der Waals surface area contributed by atoms with Crippen LogP contribution in [0.15, 0.2) is 53.4 Å². The van der Waals surface area contributed by atoms with Crippen LogP contribution in [0.2, 0.25) is 0 Å². The molecule has 0 aliphatic carbocycles. The molecule has 26 heavy (non-hydrogen) atoms. The Hall–Kier alpha value is -2.45. The quantitative estimate of drug-likeness (QED) is 0.687. The van der Waals surface area contributed by atoms with E-state index < -0.39 is 9.84 Å². The standard InChI is InChI=1S/C18H16N2O4S2/c1-26(22,23)14-6-4-5-12(9-14)17(21)20-10-13(11-20)24-18-19-15-7-2-3-8-16(15)25-18/h2-9,13H,10-11H2,1H3. The maximum absolute atomic E-state index is 12.5. The Balaban J connectivity index is 1.40. The Morgan fingerprint density at radius 1 is 1.19 bits per heavy atom. The zero-order chi connectivity index (χ0) is 18.3. The van der Waals surface area contributed by atoms with Crippen LogP contribution < -0.4 is 4.74 Å². The van der Waals surface area contributed by atoms with Crippen LogP contribution in [0.4, 0.5) is 0 Å². The van der Waals surface area contributed by atoms with Gasteiger partial charge in [-0.15, -0.1) is 0 Å². The van der Waals surface area contributed by atoms with Crippen molar-refractivity contribution < 1.29 is 17.9 Å². The molecule has 0 saturated carbocycles. The molecule has 1 aliphatic heterocycles. The Bertz CT molecular complexity index is 1050. The smallest absolute Gasteiger partial charge is 0.274 e. The summed E-state index contributed by atoms with van der Waals surface area (Å²) in [6.45, 7) is 0.912. The maximum Gasteiger partial charge on any atom is 0.274 e. The summed E-state index contributed by atoms with van der Waals surface area (Å²) in [4.78, 5) is 18.7. The van der Waals surface area contributed by atoms with Gasteiger partial charge < -0.3 is 9.64 Å². The first kappa shape index (κ1) is 17.0. The summed E-state index contributed by atoms with van der Waals surface area (Å²) in [6, 6.07) is 13.9. The molecule has 6 nitrogen and oxygen atoms in total. The van der Waals surface area contributed by atoms with Gasteiger partial charge in [0.05, 0.1) is 28.2 Å². The van der Waals surface area contributed by atoms with Crippen molar-refractivity contribution in [2.75, 3.05) is 19.3 Å². The van der Waals surface area contributed by atoms with Crippen molar-refractivity contribution >= 4 is 37.3 Å². The number of ether oxygens (including phenoxy) is 1. The number of nitrogens with zero attached hydrogens (tertiary/aromatic N) is 2. The summed E-state index contributed by atoms with van der Waals surface area (Å²) in [5, 5.41) is 0.599. The number of sulfone groups is 1. The number of rotatable bonds is 4. The summed E-state index contributed by atoms with van der Waals surface area (Å²) >= 11 is 1.48. The minimum absolute atomic E-state index is 0.0994. The van der Waals surface area contributed by atoms with E-state index >= 15 is 0 Å². The summed E-state index contributed by atoms with van der Waals surface area (Å²) in [6.07, 6.45) is 1.03. The van der Waals surface area contributed by atoms with Crippen LogP contribution in [0.3, 0.4) is 0 Å². The highest BCUT2D eigenvalue weighted by molar-refractivity contribution is 7.90. The summed E-state index contributed by atoms with van der Waals surface area (Å²) in [5.74, 6) is -0.195. The van der Waals surface area contributed by atoms with Crippen molar-refractivity contribution in [2.45, 2.75) is 11.0 Å². The van der Waals surface area contributed by atoms with Gasteiger partial charge in [-0.05, 0) is 30.3 Å². The predicted molar refractivity (Wildman–Crippen MR) is 99.5 cm³/mol. The predicted octanol–water partition coefficient (Wildman–Crippen LogP) is 2.60. The molecular weight excluding hydrogens is 372 g/mol. The third kappa shape index (κ3) is 3.30. The lowest BCUT2D eigenvalue weighted by Crippen LogP contribution is -2.56. The second-order valence-corrected chi connectivity index (χ2v) is 9.21. The molecule has 3 aromatic rings. The Kier molecular flexibility index (Phi) is 4.16. The highest BCUT2D eigenvalue weighted by Crippen LogP contribution is 2.29. The molecule has 0 unspecified atom stereocenters. The van der Waals surface area contributed by atoms with E-state index in [1.54, 1.807) is 17.0 Å². The molecule has 1 fully saturated rings. The number of thiazole rings is 1. The first-order chi connectivity index (χ1) is 12.4. The van der Waals surface area contributed by atoms with Crippen molar-refractivity contribution in [1.82, 2.24) is 9.88 Å². The highest BCUT2D eigenvalue weighted by atomic mass is 32.2. The van der Waals surface area contributed by atoms with Crippen LogP contribution in [0.1, 0.15) is 10.4 Å². The molecule has 2 heterocycles. The van der Waals surface area contributed by atoms with E-state index in [9.17, 15) is 13.2 Å². The number of amides is 1. The van der Waals surface area contributed by atoms with E-state index in [1.807, 2.05) is 24.3 Å². The lowest BCUT2D eigenvalue weighted by molar-refractivity contribution is 0.0177.